The second-order valence-corrected chi connectivity index (χ2v) is 5.68. The first kappa shape index (κ1) is 15.8. The first-order valence-electron chi connectivity index (χ1n) is 7.31. The van der Waals surface area contributed by atoms with E-state index in [1.54, 1.807) is 0 Å². The van der Waals surface area contributed by atoms with Gasteiger partial charge in [0.05, 0.1) is 0 Å². The molecule has 1 heterocycles. The van der Waals surface area contributed by atoms with Crippen LogP contribution in [0.2, 0.25) is 0 Å². The molecule has 2 fully saturated rings. The molecule has 1 atom stereocenters. The van der Waals surface area contributed by atoms with Crippen molar-refractivity contribution in [1.82, 2.24) is 4.90 Å². The number of nitrogens with two attached hydrogens (primary N) is 1. The van der Waals surface area contributed by atoms with Crippen molar-refractivity contribution < 1.29 is 4.79 Å². The number of likely N-dealkylation sites (tertiary alicyclic amines) is 1. The number of hydrogen-bond acceptors (Lipinski definition) is 2. The van der Waals surface area contributed by atoms with Crippen LogP contribution in [-0.2, 0) is 4.79 Å². The van der Waals surface area contributed by atoms with Gasteiger partial charge in [0.2, 0.25) is 5.91 Å². The van der Waals surface area contributed by atoms with E-state index >= 15 is 0 Å². The molecule has 2 N–H and O–H groups in total. The SMILES string of the molecule is Cl.NCC1CCCCN1C(=O)CC1CCCCC1. The fourth-order valence-corrected chi connectivity index (χ4v) is 3.33. The van der Waals surface area contributed by atoms with E-state index < -0.39 is 0 Å². The van der Waals surface area contributed by atoms with Crippen LogP contribution in [0.4, 0.5) is 0 Å². The van der Waals surface area contributed by atoms with Gasteiger partial charge >= 0.3 is 0 Å². The molecular formula is C14H27ClN2O. The Bertz CT molecular complexity index is 254. The van der Waals surface area contributed by atoms with E-state index in [1.165, 1.54) is 38.5 Å². The summed E-state index contributed by atoms with van der Waals surface area (Å²) in [6.45, 7) is 1.57. The zero-order valence-electron chi connectivity index (χ0n) is 11.3. The summed E-state index contributed by atoms with van der Waals surface area (Å²) < 4.78 is 0. The van der Waals surface area contributed by atoms with Crippen LogP contribution in [0.5, 0.6) is 0 Å². The van der Waals surface area contributed by atoms with Crippen LogP contribution in [0.3, 0.4) is 0 Å². The maximum Gasteiger partial charge on any atom is 0.223 e. The van der Waals surface area contributed by atoms with Crippen molar-refractivity contribution in [3.63, 3.8) is 0 Å². The molecule has 106 valence electrons. The van der Waals surface area contributed by atoms with E-state index in [1.807, 2.05) is 0 Å². The summed E-state index contributed by atoms with van der Waals surface area (Å²) in [5.74, 6) is 1.02. The highest BCUT2D eigenvalue weighted by atomic mass is 35.5. The minimum Gasteiger partial charge on any atom is -0.338 e. The summed E-state index contributed by atoms with van der Waals surface area (Å²) in [6, 6.07) is 0.319. The number of carbonyl (C=O) groups excluding carboxylic acids is 1. The zero-order valence-corrected chi connectivity index (χ0v) is 12.1. The lowest BCUT2D eigenvalue weighted by molar-refractivity contribution is -0.135. The van der Waals surface area contributed by atoms with Gasteiger partial charge in [0.25, 0.3) is 0 Å². The Morgan fingerprint density at radius 3 is 2.39 bits per heavy atom. The van der Waals surface area contributed by atoms with Gasteiger partial charge in [-0.25, -0.2) is 0 Å². The average Bonchev–Trinajstić information content (AvgIpc) is 2.40. The first-order chi connectivity index (χ1) is 8.31. The van der Waals surface area contributed by atoms with E-state index in [0.29, 0.717) is 24.4 Å². The number of halogens is 1. The Hall–Kier alpha value is -0.280. The highest BCUT2D eigenvalue weighted by Crippen LogP contribution is 2.28. The third kappa shape index (κ3) is 4.13. The lowest BCUT2D eigenvalue weighted by Crippen LogP contribution is -2.47. The molecule has 0 radical (unpaired) electrons. The minimum absolute atomic E-state index is 0. The van der Waals surface area contributed by atoms with Gasteiger partial charge in [-0.05, 0) is 38.0 Å². The van der Waals surface area contributed by atoms with Crippen LogP contribution in [0.1, 0.15) is 57.8 Å². The fourth-order valence-electron chi connectivity index (χ4n) is 3.33. The third-order valence-electron chi connectivity index (χ3n) is 4.41. The number of piperidine rings is 1. The third-order valence-corrected chi connectivity index (χ3v) is 4.41. The molecule has 18 heavy (non-hydrogen) atoms. The van der Waals surface area contributed by atoms with Crippen LogP contribution in [0.15, 0.2) is 0 Å². The number of nitrogens with zero attached hydrogens (tertiary/aromatic N) is 1. The molecule has 1 saturated heterocycles. The number of hydrogen-bond donors (Lipinski definition) is 1. The summed E-state index contributed by atoms with van der Waals surface area (Å²) in [6.07, 6.45) is 10.8. The summed E-state index contributed by atoms with van der Waals surface area (Å²) >= 11 is 0. The monoisotopic (exact) mass is 274 g/mol. The van der Waals surface area contributed by atoms with E-state index in [9.17, 15) is 4.79 Å². The van der Waals surface area contributed by atoms with Gasteiger partial charge in [0, 0.05) is 25.6 Å². The molecule has 1 amide bonds. The number of rotatable bonds is 3. The highest BCUT2D eigenvalue weighted by Gasteiger charge is 2.27. The largest absolute Gasteiger partial charge is 0.338 e. The summed E-state index contributed by atoms with van der Waals surface area (Å²) in [7, 11) is 0. The van der Waals surface area contributed by atoms with Crippen molar-refractivity contribution in [2.75, 3.05) is 13.1 Å². The predicted molar refractivity (Wildman–Crippen MR) is 76.8 cm³/mol. The topological polar surface area (TPSA) is 46.3 Å². The van der Waals surface area contributed by atoms with Crippen LogP contribution in [0.25, 0.3) is 0 Å². The van der Waals surface area contributed by atoms with Crippen LogP contribution < -0.4 is 5.73 Å². The predicted octanol–water partition coefficient (Wildman–Crippen LogP) is 2.72. The van der Waals surface area contributed by atoms with Gasteiger partial charge in [-0.3, -0.25) is 4.79 Å². The molecule has 0 bridgehead atoms. The van der Waals surface area contributed by atoms with Crippen molar-refractivity contribution in [2.45, 2.75) is 63.8 Å². The molecule has 2 aliphatic rings. The molecule has 1 saturated carbocycles. The molecule has 0 spiro atoms. The van der Waals surface area contributed by atoms with Crippen molar-refractivity contribution in [2.24, 2.45) is 11.7 Å². The van der Waals surface area contributed by atoms with E-state index in [4.69, 9.17) is 5.73 Å². The van der Waals surface area contributed by atoms with Gasteiger partial charge in [0.15, 0.2) is 0 Å². The standard InChI is InChI=1S/C14H26N2O.ClH/c15-11-13-8-4-5-9-16(13)14(17)10-12-6-2-1-3-7-12;/h12-13H,1-11,15H2;1H. The Balaban J connectivity index is 0.00000162. The normalized spacial score (nSPS) is 25.6. The summed E-state index contributed by atoms with van der Waals surface area (Å²) in [5, 5.41) is 0. The Kier molecular flexibility index (Phi) is 7.02. The number of amides is 1. The van der Waals surface area contributed by atoms with Gasteiger partial charge < -0.3 is 10.6 Å². The maximum atomic E-state index is 12.3. The van der Waals surface area contributed by atoms with Crippen LogP contribution in [0, 0.1) is 5.92 Å². The Morgan fingerprint density at radius 1 is 1.06 bits per heavy atom. The van der Waals surface area contributed by atoms with Gasteiger partial charge in [-0.2, -0.15) is 0 Å². The van der Waals surface area contributed by atoms with E-state index in [0.717, 1.165) is 25.8 Å². The fraction of sp³-hybridized carbons (Fsp3) is 0.929. The highest BCUT2D eigenvalue weighted by molar-refractivity contribution is 5.85. The Labute approximate surface area is 117 Å². The van der Waals surface area contributed by atoms with Gasteiger partial charge in [0.1, 0.15) is 0 Å². The zero-order chi connectivity index (χ0) is 12.1. The Morgan fingerprint density at radius 2 is 1.72 bits per heavy atom. The second-order valence-electron chi connectivity index (χ2n) is 5.68. The number of carbonyl (C=O) groups is 1. The van der Waals surface area contributed by atoms with Crippen LogP contribution >= 0.6 is 12.4 Å². The van der Waals surface area contributed by atoms with Gasteiger partial charge in [-0.1, -0.05) is 19.3 Å². The van der Waals surface area contributed by atoms with Crippen molar-refractivity contribution >= 4 is 18.3 Å². The van der Waals surface area contributed by atoms with Crippen LogP contribution in [-0.4, -0.2) is 29.9 Å². The van der Waals surface area contributed by atoms with Crippen molar-refractivity contribution in [1.29, 1.82) is 0 Å². The lowest BCUT2D eigenvalue weighted by atomic mass is 9.86. The quantitative estimate of drug-likeness (QED) is 0.860. The average molecular weight is 275 g/mol. The van der Waals surface area contributed by atoms with Gasteiger partial charge in [-0.15, -0.1) is 12.4 Å². The molecule has 0 aromatic carbocycles. The maximum absolute atomic E-state index is 12.3. The molecule has 0 aromatic rings. The summed E-state index contributed by atoms with van der Waals surface area (Å²) in [4.78, 5) is 14.4. The lowest BCUT2D eigenvalue weighted by Gasteiger charge is -2.36. The molecule has 1 aliphatic carbocycles. The van der Waals surface area contributed by atoms with Crippen molar-refractivity contribution in [3.05, 3.63) is 0 Å². The molecular weight excluding hydrogens is 248 g/mol. The summed E-state index contributed by atoms with van der Waals surface area (Å²) in [5.41, 5.74) is 5.77. The van der Waals surface area contributed by atoms with E-state index in [2.05, 4.69) is 4.90 Å². The molecule has 4 heteroatoms. The molecule has 1 aliphatic heterocycles. The molecule has 2 rings (SSSR count). The molecule has 3 nitrogen and oxygen atoms in total. The minimum atomic E-state index is 0. The smallest absolute Gasteiger partial charge is 0.223 e. The molecule has 1 unspecified atom stereocenters. The van der Waals surface area contributed by atoms with Crippen molar-refractivity contribution in [3.8, 4) is 0 Å². The van der Waals surface area contributed by atoms with E-state index in [-0.39, 0.29) is 12.4 Å². The second kappa shape index (κ2) is 8.00. The molecule has 0 aromatic heterocycles. The first-order valence-corrected chi connectivity index (χ1v) is 7.31.